The molecule has 0 fully saturated rings. The van der Waals surface area contributed by atoms with Gasteiger partial charge in [-0.15, -0.1) is 5.10 Å². The zero-order chi connectivity index (χ0) is 24.1. The van der Waals surface area contributed by atoms with Crippen molar-refractivity contribution in [1.82, 2.24) is 20.0 Å². The maximum atomic E-state index is 12.2. The van der Waals surface area contributed by atoms with Crippen molar-refractivity contribution in [1.29, 1.82) is 0 Å². The van der Waals surface area contributed by atoms with Crippen molar-refractivity contribution in [3.05, 3.63) is 88.3 Å². The van der Waals surface area contributed by atoms with E-state index in [1.807, 2.05) is 47.5 Å². The number of pyridine rings is 1. The molecule has 2 aromatic heterocycles. The average Bonchev–Trinajstić information content (AvgIpc) is 3.30. The lowest BCUT2D eigenvalue weighted by molar-refractivity contribution is 0.100. The number of primary amides is 1. The van der Waals surface area contributed by atoms with E-state index >= 15 is 0 Å². The van der Waals surface area contributed by atoms with Gasteiger partial charge in [-0.05, 0) is 42.0 Å². The number of aromatic nitrogens is 4. The molecule has 1 amide bonds. The molecule has 0 spiro atoms. The zero-order valence-electron chi connectivity index (χ0n) is 18.7. The summed E-state index contributed by atoms with van der Waals surface area (Å²) >= 11 is 3.45. The van der Waals surface area contributed by atoms with E-state index in [-0.39, 0.29) is 12.1 Å². The van der Waals surface area contributed by atoms with Crippen LogP contribution >= 0.6 is 15.9 Å². The Balaban J connectivity index is 1.71. The first kappa shape index (κ1) is 23.2. The highest BCUT2D eigenvalue weighted by molar-refractivity contribution is 9.10. The highest BCUT2D eigenvalue weighted by Gasteiger charge is 2.22. The summed E-state index contributed by atoms with van der Waals surface area (Å²) in [5.41, 5.74) is 8.37. The van der Waals surface area contributed by atoms with E-state index in [0.717, 1.165) is 10.0 Å². The number of benzene rings is 2. The van der Waals surface area contributed by atoms with Gasteiger partial charge in [-0.3, -0.25) is 4.79 Å². The Labute approximate surface area is 205 Å². The summed E-state index contributed by atoms with van der Waals surface area (Å²) in [5, 5.41) is 8.60. The van der Waals surface area contributed by atoms with Gasteiger partial charge in [0.1, 0.15) is 23.0 Å². The molecule has 0 bridgehead atoms. The van der Waals surface area contributed by atoms with Crippen molar-refractivity contribution in [2.45, 2.75) is 13.1 Å². The third-order valence-electron chi connectivity index (χ3n) is 5.15. The van der Waals surface area contributed by atoms with E-state index in [4.69, 9.17) is 15.2 Å². The number of amides is 1. The van der Waals surface area contributed by atoms with Gasteiger partial charge in [-0.1, -0.05) is 33.3 Å². The van der Waals surface area contributed by atoms with Crippen LogP contribution in [0.15, 0.2) is 71.5 Å². The number of carbonyl (C=O) groups is 1. The van der Waals surface area contributed by atoms with Gasteiger partial charge < -0.3 is 20.1 Å². The summed E-state index contributed by atoms with van der Waals surface area (Å²) in [6.07, 6.45) is 3.47. The first-order valence-corrected chi connectivity index (χ1v) is 11.2. The van der Waals surface area contributed by atoms with Crippen LogP contribution in [0.3, 0.4) is 0 Å². The molecular weight excluding hydrogens is 500 g/mol. The molecule has 0 aliphatic heterocycles. The molecule has 0 unspecified atom stereocenters. The van der Waals surface area contributed by atoms with Crippen LogP contribution in [0, 0.1) is 0 Å². The Bertz CT molecular complexity index is 1290. The van der Waals surface area contributed by atoms with Crippen molar-refractivity contribution in [2.24, 2.45) is 5.73 Å². The molecule has 34 heavy (non-hydrogen) atoms. The van der Waals surface area contributed by atoms with Crippen LogP contribution in [0.2, 0.25) is 0 Å². The number of carbonyl (C=O) groups excluding carboxylic acids is 1. The fraction of sp³-hybridized carbons (Fsp3) is 0.167. The number of nitrogens with two attached hydrogens (primary N) is 1. The molecule has 0 radical (unpaired) electrons. The number of hydrogen-bond acceptors (Lipinski definition) is 7. The van der Waals surface area contributed by atoms with Gasteiger partial charge in [0.25, 0.3) is 5.91 Å². The molecular formula is C24H23BrN6O3. The average molecular weight is 523 g/mol. The van der Waals surface area contributed by atoms with Gasteiger partial charge in [0, 0.05) is 16.7 Å². The number of halogens is 1. The Morgan fingerprint density at radius 2 is 1.91 bits per heavy atom. The minimum absolute atomic E-state index is 0.278. The number of methoxy groups -OCH3 is 2. The number of nitrogens with zero attached hydrogens (tertiary/aromatic N) is 5. The maximum Gasteiger partial charge on any atom is 0.252 e. The fourth-order valence-electron chi connectivity index (χ4n) is 3.51. The van der Waals surface area contributed by atoms with E-state index in [2.05, 4.69) is 31.2 Å². The third-order valence-corrected chi connectivity index (χ3v) is 5.68. The lowest BCUT2D eigenvalue weighted by atomic mass is 10.2. The molecule has 0 saturated heterocycles. The van der Waals surface area contributed by atoms with Crippen LogP contribution in [-0.4, -0.2) is 40.1 Å². The first-order chi connectivity index (χ1) is 16.5. The number of hydrogen-bond donors (Lipinski definition) is 1. The second-order valence-corrected chi connectivity index (χ2v) is 8.31. The minimum atomic E-state index is -0.584. The fourth-order valence-corrected chi connectivity index (χ4v) is 3.78. The van der Waals surface area contributed by atoms with Crippen LogP contribution in [0.25, 0.3) is 0 Å². The van der Waals surface area contributed by atoms with Crippen LogP contribution in [0.4, 0.5) is 11.5 Å². The SMILES string of the molecule is COc1ccc(N(Cc2cn(Cc3ccc(Br)cc3)nn2)c2ncccc2C(N)=O)c(OC)c1. The molecule has 0 aliphatic rings. The molecule has 4 aromatic rings. The van der Waals surface area contributed by atoms with Crippen molar-refractivity contribution in [2.75, 3.05) is 19.1 Å². The molecule has 0 atom stereocenters. The molecule has 0 aliphatic carbocycles. The summed E-state index contributed by atoms with van der Waals surface area (Å²) < 4.78 is 13.7. The Morgan fingerprint density at radius 1 is 1.12 bits per heavy atom. The van der Waals surface area contributed by atoms with Crippen LogP contribution in [0.1, 0.15) is 21.6 Å². The van der Waals surface area contributed by atoms with Gasteiger partial charge in [-0.2, -0.15) is 0 Å². The number of anilines is 2. The zero-order valence-corrected chi connectivity index (χ0v) is 20.3. The van der Waals surface area contributed by atoms with Crippen molar-refractivity contribution in [3.63, 3.8) is 0 Å². The van der Waals surface area contributed by atoms with Crippen LogP contribution in [-0.2, 0) is 13.1 Å². The monoisotopic (exact) mass is 522 g/mol. The quantitative estimate of drug-likeness (QED) is 0.354. The summed E-state index contributed by atoms with van der Waals surface area (Å²) in [4.78, 5) is 18.4. The standard InChI is InChI=1S/C24H23BrN6O3/c1-33-19-9-10-21(22(12-19)34-2)31(24-20(23(26)32)4-3-11-27-24)15-18-14-30(29-28-18)13-16-5-7-17(25)8-6-16/h3-12,14H,13,15H2,1-2H3,(H2,26,32). The Morgan fingerprint density at radius 3 is 2.62 bits per heavy atom. The summed E-state index contributed by atoms with van der Waals surface area (Å²) in [5.74, 6) is 0.986. The highest BCUT2D eigenvalue weighted by atomic mass is 79.9. The predicted molar refractivity (Wildman–Crippen MR) is 131 cm³/mol. The second-order valence-electron chi connectivity index (χ2n) is 7.40. The molecule has 4 rings (SSSR count). The Kier molecular flexibility index (Phi) is 7.07. The smallest absolute Gasteiger partial charge is 0.252 e. The van der Waals surface area contributed by atoms with Gasteiger partial charge in [-0.25, -0.2) is 9.67 Å². The molecule has 2 aromatic carbocycles. The molecule has 0 saturated carbocycles. The summed E-state index contributed by atoms with van der Waals surface area (Å²) in [6.45, 7) is 0.850. The third kappa shape index (κ3) is 5.18. The Hall–Kier alpha value is -3.92. The van der Waals surface area contributed by atoms with Crippen LogP contribution in [0.5, 0.6) is 11.5 Å². The molecule has 174 valence electrons. The molecule has 2 N–H and O–H groups in total. The highest BCUT2D eigenvalue weighted by Crippen LogP contribution is 2.37. The van der Waals surface area contributed by atoms with Gasteiger partial charge >= 0.3 is 0 Å². The number of ether oxygens (including phenoxy) is 2. The van der Waals surface area contributed by atoms with Crippen molar-refractivity contribution < 1.29 is 14.3 Å². The lowest BCUT2D eigenvalue weighted by Gasteiger charge is -2.26. The molecule has 2 heterocycles. The van der Waals surface area contributed by atoms with E-state index in [0.29, 0.717) is 35.2 Å². The normalized spacial score (nSPS) is 10.7. The maximum absolute atomic E-state index is 12.2. The second kappa shape index (κ2) is 10.3. The summed E-state index contributed by atoms with van der Waals surface area (Å²) in [6, 6.07) is 16.7. The van der Waals surface area contributed by atoms with E-state index in [1.54, 1.807) is 43.3 Å². The largest absolute Gasteiger partial charge is 0.497 e. The van der Waals surface area contributed by atoms with Crippen molar-refractivity contribution in [3.8, 4) is 11.5 Å². The van der Waals surface area contributed by atoms with Crippen molar-refractivity contribution >= 4 is 33.3 Å². The summed E-state index contributed by atoms with van der Waals surface area (Å²) in [7, 11) is 3.15. The topological polar surface area (TPSA) is 108 Å². The molecule has 9 nitrogen and oxygen atoms in total. The van der Waals surface area contributed by atoms with E-state index in [1.165, 1.54) is 0 Å². The van der Waals surface area contributed by atoms with Gasteiger partial charge in [0.15, 0.2) is 0 Å². The van der Waals surface area contributed by atoms with E-state index in [9.17, 15) is 4.79 Å². The minimum Gasteiger partial charge on any atom is -0.497 e. The lowest BCUT2D eigenvalue weighted by Crippen LogP contribution is -2.23. The van der Waals surface area contributed by atoms with Gasteiger partial charge in [0.2, 0.25) is 0 Å². The van der Waals surface area contributed by atoms with Crippen LogP contribution < -0.4 is 20.1 Å². The van der Waals surface area contributed by atoms with Gasteiger partial charge in [0.05, 0.1) is 44.8 Å². The predicted octanol–water partition coefficient (Wildman–Crippen LogP) is 3.94. The molecule has 10 heteroatoms. The van der Waals surface area contributed by atoms with E-state index < -0.39 is 5.91 Å². The first-order valence-electron chi connectivity index (χ1n) is 10.4. The number of rotatable bonds is 9.